The number of amides is 1. The van der Waals surface area contributed by atoms with E-state index in [1.54, 1.807) is 6.08 Å². The summed E-state index contributed by atoms with van der Waals surface area (Å²) in [6.45, 7) is 4.35. The Bertz CT molecular complexity index is 1320. The number of aliphatic hydroxyl groups is 5. The molecular formula is C68H131NO10. The van der Waals surface area contributed by atoms with Crippen molar-refractivity contribution in [3.63, 3.8) is 0 Å². The Morgan fingerprint density at radius 1 is 0.456 bits per heavy atom. The number of ether oxygens (including phenoxy) is 3. The quantitative estimate of drug-likeness (QED) is 0.0195. The summed E-state index contributed by atoms with van der Waals surface area (Å²) < 4.78 is 16.7. The van der Waals surface area contributed by atoms with Crippen LogP contribution in [0.3, 0.4) is 0 Å². The van der Waals surface area contributed by atoms with Crippen LogP contribution in [-0.2, 0) is 23.8 Å². The lowest BCUT2D eigenvalue weighted by atomic mass is 9.99. The Labute approximate surface area is 487 Å². The zero-order valence-corrected chi connectivity index (χ0v) is 51.9. The van der Waals surface area contributed by atoms with Gasteiger partial charge in [-0.15, -0.1) is 0 Å². The van der Waals surface area contributed by atoms with Gasteiger partial charge in [-0.1, -0.05) is 315 Å². The second-order valence-corrected chi connectivity index (χ2v) is 24.2. The number of rotatable bonds is 61. The van der Waals surface area contributed by atoms with Crippen molar-refractivity contribution in [3.8, 4) is 0 Å². The van der Waals surface area contributed by atoms with Crippen LogP contribution in [-0.4, -0.2) is 100 Å². The monoisotopic (exact) mass is 1120 g/mol. The smallest absolute Gasteiger partial charge is 0.305 e. The molecule has 6 N–H and O–H groups in total. The van der Waals surface area contributed by atoms with Crippen LogP contribution in [0.1, 0.15) is 348 Å². The van der Waals surface area contributed by atoms with Gasteiger partial charge in [0.15, 0.2) is 6.29 Å². The lowest BCUT2D eigenvalue weighted by molar-refractivity contribution is -0.302. The molecule has 1 fully saturated rings. The molecule has 0 aromatic heterocycles. The Morgan fingerprint density at radius 3 is 1.18 bits per heavy atom. The third-order valence-corrected chi connectivity index (χ3v) is 16.7. The van der Waals surface area contributed by atoms with Crippen LogP contribution in [0.25, 0.3) is 0 Å². The summed E-state index contributed by atoms with van der Waals surface area (Å²) in [7, 11) is 0. The first-order valence-electron chi connectivity index (χ1n) is 34.5. The molecule has 0 spiro atoms. The van der Waals surface area contributed by atoms with E-state index in [0.717, 1.165) is 57.8 Å². The second-order valence-electron chi connectivity index (χ2n) is 24.2. The maximum absolute atomic E-state index is 13.0. The Morgan fingerprint density at radius 2 is 0.797 bits per heavy atom. The topological polar surface area (TPSA) is 175 Å². The standard InChI is InChI=1S/C68H131NO10/c1-3-5-7-9-11-13-14-15-16-17-23-27-30-33-36-40-44-48-52-56-64(73)77-57-53-49-45-41-37-34-31-28-25-22-20-18-19-21-24-26-29-32-35-39-43-47-51-55-63(72)69-60(61(71)54-50-46-42-38-12-10-8-6-4-2)59-78-68-67(76)66(75)65(74)62(58-70)79-68/h50,54,60-62,65-68,70-71,74-76H,3-49,51-53,55-59H2,1-2H3,(H,69,72)/b54-50+. The van der Waals surface area contributed by atoms with Gasteiger partial charge in [-0.05, 0) is 32.1 Å². The Hall–Kier alpha value is -1.60. The van der Waals surface area contributed by atoms with Crippen molar-refractivity contribution in [2.45, 2.75) is 391 Å². The van der Waals surface area contributed by atoms with E-state index in [-0.39, 0.29) is 18.5 Å². The molecule has 7 atom stereocenters. The molecule has 0 radical (unpaired) electrons. The van der Waals surface area contributed by atoms with Crippen LogP contribution < -0.4 is 5.32 Å². The van der Waals surface area contributed by atoms with Crippen LogP contribution in [0.2, 0.25) is 0 Å². The highest BCUT2D eigenvalue weighted by Crippen LogP contribution is 2.23. The Balaban J connectivity index is 1.92. The number of hydrogen-bond acceptors (Lipinski definition) is 10. The van der Waals surface area contributed by atoms with Gasteiger partial charge >= 0.3 is 5.97 Å². The van der Waals surface area contributed by atoms with Gasteiger partial charge in [-0.3, -0.25) is 9.59 Å². The summed E-state index contributed by atoms with van der Waals surface area (Å²) in [5.41, 5.74) is 0. The first-order valence-corrected chi connectivity index (χ1v) is 34.5. The summed E-state index contributed by atoms with van der Waals surface area (Å²) in [4.78, 5) is 25.1. The van der Waals surface area contributed by atoms with E-state index in [0.29, 0.717) is 19.4 Å². The zero-order chi connectivity index (χ0) is 57.3. The van der Waals surface area contributed by atoms with Crippen LogP contribution >= 0.6 is 0 Å². The van der Waals surface area contributed by atoms with E-state index >= 15 is 0 Å². The number of unbranched alkanes of at least 4 members (excludes halogenated alkanes) is 47. The van der Waals surface area contributed by atoms with Crippen molar-refractivity contribution in [2.75, 3.05) is 19.8 Å². The Kier molecular flexibility index (Phi) is 55.5. The SMILES string of the molecule is CCCCCCCCC/C=C/C(O)C(COC1OC(CO)C(O)C(O)C1O)NC(=O)CCCCCCCCCCCCCCCCCCCCCCCCCOC(=O)CCCCCCCCCCCCCCCCCCCCC. The fraction of sp³-hybridized carbons (Fsp3) is 0.941. The largest absolute Gasteiger partial charge is 0.466 e. The summed E-state index contributed by atoms with van der Waals surface area (Å²) in [6.07, 6.45) is 60.7. The average molecular weight is 1120 g/mol. The van der Waals surface area contributed by atoms with Gasteiger partial charge in [0.1, 0.15) is 24.4 Å². The van der Waals surface area contributed by atoms with E-state index in [2.05, 4.69) is 19.2 Å². The molecular weight excluding hydrogens is 991 g/mol. The third-order valence-electron chi connectivity index (χ3n) is 16.7. The summed E-state index contributed by atoms with van der Waals surface area (Å²) in [5.74, 6) is -0.173. The first kappa shape index (κ1) is 75.4. The molecule has 1 rings (SSSR count). The molecule has 1 saturated heterocycles. The minimum absolute atomic E-state index is 0.00821. The summed E-state index contributed by atoms with van der Waals surface area (Å²) in [5, 5.41) is 54.3. The van der Waals surface area contributed by atoms with Gasteiger partial charge in [-0.2, -0.15) is 0 Å². The van der Waals surface area contributed by atoms with Gasteiger partial charge in [0.05, 0.1) is 32.0 Å². The van der Waals surface area contributed by atoms with E-state index in [1.165, 1.54) is 263 Å². The molecule has 1 amide bonds. The maximum Gasteiger partial charge on any atom is 0.305 e. The number of hydrogen-bond donors (Lipinski definition) is 6. The minimum Gasteiger partial charge on any atom is -0.466 e. The molecule has 79 heavy (non-hydrogen) atoms. The number of carbonyl (C=O) groups is 2. The second kappa shape index (κ2) is 58.2. The predicted octanol–water partition coefficient (Wildman–Crippen LogP) is 17.1. The highest BCUT2D eigenvalue weighted by molar-refractivity contribution is 5.76. The van der Waals surface area contributed by atoms with Gasteiger partial charge in [0.2, 0.25) is 5.91 Å². The molecule has 0 aromatic carbocycles. The lowest BCUT2D eigenvalue weighted by Gasteiger charge is -2.40. The number of aliphatic hydroxyl groups excluding tert-OH is 5. The van der Waals surface area contributed by atoms with Gasteiger partial charge < -0.3 is 45.1 Å². The van der Waals surface area contributed by atoms with E-state index in [4.69, 9.17) is 14.2 Å². The van der Waals surface area contributed by atoms with Crippen molar-refractivity contribution < 1.29 is 49.3 Å². The minimum atomic E-state index is -1.57. The van der Waals surface area contributed by atoms with Crippen molar-refractivity contribution in [1.29, 1.82) is 0 Å². The maximum atomic E-state index is 13.0. The highest BCUT2D eigenvalue weighted by Gasteiger charge is 2.44. The number of carbonyl (C=O) groups excluding carboxylic acids is 2. The van der Waals surface area contributed by atoms with Crippen LogP contribution in [0.4, 0.5) is 0 Å². The molecule has 1 heterocycles. The van der Waals surface area contributed by atoms with Crippen LogP contribution in [0.15, 0.2) is 12.2 Å². The molecule has 0 aliphatic carbocycles. The fourth-order valence-corrected chi connectivity index (χ4v) is 11.2. The zero-order valence-electron chi connectivity index (χ0n) is 51.9. The van der Waals surface area contributed by atoms with Crippen molar-refractivity contribution in [3.05, 3.63) is 12.2 Å². The molecule has 11 nitrogen and oxygen atoms in total. The van der Waals surface area contributed by atoms with Gasteiger partial charge in [0, 0.05) is 12.8 Å². The summed E-state index contributed by atoms with van der Waals surface area (Å²) >= 11 is 0. The van der Waals surface area contributed by atoms with E-state index in [9.17, 15) is 35.1 Å². The van der Waals surface area contributed by atoms with E-state index < -0.39 is 49.5 Å². The fourth-order valence-electron chi connectivity index (χ4n) is 11.2. The predicted molar refractivity (Wildman–Crippen MR) is 329 cm³/mol. The molecule has 0 saturated carbocycles. The molecule has 0 bridgehead atoms. The molecule has 11 heteroatoms. The van der Waals surface area contributed by atoms with Gasteiger partial charge in [-0.25, -0.2) is 0 Å². The van der Waals surface area contributed by atoms with Crippen LogP contribution in [0, 0.1) is 0 Å². The van der Waals surface area contributed by atoms with Crippen molar-refractivity contribution in [1.82, 2.24) is 5.32 Å². The molecule has 1 aliphatic rings. The summed E-state index contributed by atoms with van der Waals surface area (Å²) in [6, 6.07) is -0.807. The molecule has 7 unspecified atom stereocenters. The number of allylic oxidation sites excluding steroid dienone is 1. The van der Waals surface area contributed by atoms with Gasteiger partial charge in [0.25, 0.3) is 0 Å². The normalized spacial score (nSPS) is 18.4. The molecule has 1 aliphatic heterocycles. The number of esters is 1. The third kappa shape index (κ3) is 47.5. The molecule has 0 aromatic rings. The highest BCUT2D eigenvalue weighted by atomic mass is 16.7. The first-order chi connectivity index (χ1) is 38.7. The van der Waals surface area contributed by atoms with E-state index in [1.807, 2.05) is 6.08 Å². The molecule has 468 valence electrons. The lowest BCUT2D eigenvalue weighted by Crippen LogP contribution is -2.60. The van der Waals surface area contributed by atoms with Crippen molar-refractivity contribution in [2.24, 2.45) is 0 Å². The number of nitrogens with one attached hydrogen (secondary N) is 1. The van der Waals surface area contributed by atoms with Crippen molar-refractivity contribution >= 4 is 11.9 Å². The van der Waals surface area contributed by atoms with Crippen LogP contribution in [0.5, 0.6) is 0 Å². The average Bonchev–Trinajstić information content (AvgIpc) is 3.46.